The van der Waals surface area contributed by atoms with Crippen molar-refractivity contribution in [2.24, 2.45) is 5.92 Å². The number of nitrogens with zero attached hydrogens (tertiary/aromatic N) is 2. The van der Waals surface area contributed by atoms with Gasteiger partial charge in [-0.1, -0.05) is 0 Å². The Labute approximate surface area is 114 Å². The number of imidazole rings is 1. The second-order valence-corrected chi connectivity index (χ2v) is 5.89. The van der Waals surface area contributed by atoms with Crippen LogP contribution in [-0.2, 0) is 17.7 Å². The number of aromatic nitrogens is 2. The minimum Gasteiger partial charge on any atom is -0.381 e. The zero-order chi connectivity index (χ0) is 13.1. The highest BCUT2D eigenvalue weighted by Gasteiger charge is 2.22. The van der Waals surface area contributed by atoms with Crippen LogP contribution in [0.25, 0.3) is 0 Å². The summed E-state index contributed by atoms with van der Waals surface area (Å²) in [6.45, 7) is 5.09. The van der Waals surface area contributed by atoms with Crippen LogP contribution < -0.4 is 5.32 Å². The Bertz CT molecular complexity index is 400. The van der Waals surface area contributed by atoms with E-state index < -0.39 is 0 Å². The van der Waals surface area contributed by atoms with Crippen LogP contribution in [0.15, 0.2) is 6.33 Å². The van der Waals surface area contributed by atoms with Gasteiger partial charge in [0.25, 0.3) is 0 Å². The van der Waals surface area contributed by atoms with Gasteiger partial charge in [0.1, 0.15) is 0 Å². The fourth-order valence-electron chi connectivity index (χ4n) is 3.18. The van der Waals surface area contributed by atoms with Gasteiger partial charge < -0.3 is 19.9 Å². The predicted octanol–water partition coefficient (Wildman–Crippen LogP) is 0.782. The van der Waals surface area contributed by atoms with E-state index in [9.17, 15) is 0 Å². The van der Waals surface area contributed by atoms with Gasteiger partial charge in [0.15, 0.2) is 0 Å². The number of likely N-dealkylation sites (N-methyl/N-ethyl adjacent to an activating group) is 1. The Kier molecular flexibility index (Phi) is 4.15. The molecule has 0 aliphatic carbocycles. The van der Waals surface area contributed by atoms with Crippen molar-refractivity contribution in [1.29, 1.82) is 0 Å². The molecule has 3 heterocycles. The number of nitrogens with one attached hydrogen (secondary N) is 2. The molecule has 1 aromatic heterocycles. The summed E-state index contributed by atoms with van der Waals surface area (Å²) in [4.78, 5) is 10.1. The second kappa shape index (κ2) is 6.03. The third kappa shape index (κ3) is 3.35. The smallest absolute Gasteiger partial charge is 0.0925 e. The number of fused-ring (bicyclic) bond motifs is 1. The molecule has 2 N–H and O–H groups in total. The molecular formula is C14H24N4O. The molecule has 0 aromatic carbocycles. The second-order valence-electron chi connectivity index (χ2n) is 5.89. The molecule has 19 heavy (non-hydrogen) atoms. The van der Waals surface area contributed by atoms with Crippen molar-refractivity contribution < 1.29 is 4.74 Å². The lowest BCUT2D eigenvalue weighted by atomic mass is 9.99. The highest BCUT2D eigenvalue weighted by atomic mass is 16.5. The van der Waals surface area contributed by atoms with Gasteiger partial charge in [-0.3, -0.25) is 0 Å². The van der Waals surface area contributed by atoms with Crippen LogP contribution in [0.1, 0.15) is 24.2 Å². The molecule has 1 fully saturated rings. The van der Waals surface area contributed by atoms with Crippen molar-refractivity contribution in [3.8, 4) is 0 Å². The number of rotatable bonds is 4. The van der Waals surface area contributed by atoms with E-state index >= 15 is 0 Å². The first-order valence-corrected chi connectivity index (χ1v) is 7.32. The van der Waals surface area contributed by atoms with Gasteiger partial charge in [-0.05, 0) is 25.8 Å². The number of ether oxygens (including phenoxy) is 1. The van der Waals surface area contributed by atoms with Gasteiger partial charge in [-0.25, -0.2) is 4.98 Å². The maximum atomic E-state index is 5.42. The minimum absolute atomic E-state index is 0.528. The van der Waals surface area contributed by atoms with Gasteiger partial charge in [0, 0.05) is 45.3 Å². The van der Waals surface area contributed by atoms with Crippen LogP contribution in [0.2, 0.25) is 0 Å². The summed E-state index contributed by atoms with van der Waals surface area (Å²) in [5.74, 6) is 0.809. The van der Waals surface area contributed by atoms with E-state index in [1.165, 1.54) is 30.8 Å². The van der Waals surface area contributed by atoms with Crippen molar-refractivity contribution in [2.45, 2.75) is 31.8 Å². The largest absolute Gasteiger partial charge is 0.381 e. The molecule has 106 valence electrons. The number of hydrogen-bond acceptors (Lipinski definition) is 4. The van der Waals surface area contributed by atoms with Gasteiger partial charge in [0.2, 0.25) is 0 Å². The first kappa shape index (κ1) is 13.1. The van der Waals surface area contributed by atoms with E-state index in [2.05, 4.69) is 27.2 Å². The van der Waals surface area contributed by atoms with Crippen LogP contribution in [0.4, 0.5) is 0 Å². The van der Waals surface area contributed by atoms with Crippen molar-refractivity contribution in [3.63, 3.8) is 0 Å². The molecular weight excluding hydrogens is 240 g/mol. The monoisotopic (exact) mass is 264 g/mol. The molecule has 5 nitrogen and oxygen atoms in total. The van der Waals surface area contributed by atoms with Gasteiger partial charge in [0.05, 0.1) is 17.7 Å². The zero-order valence-electron chi connectivity index (χ0n) is 11.7. The molecule has 0 spiro atoms. The molecule has 1 aromatic rings. The Morgan fingerprint density at radius 3 is 3.05 bits per heavy atom. The number of aromatic amines is 1. The number of hydrogen-bond donors (Lipinski definition) is 2. The van der Waals surface area contributed by atoms with Crippen LogP contribution in [-0.4, -0.2) is 54.3 Å². The van der Waals surface area contributed by atoms with Crippen molar-refractivity contribution in [3.05, 3.63) is 17.7 Å². The average Bonchev–Trinajstić information content (AvgIpc) is 2.87. The highest BCUT2D eigenvalue weighted by molar-refractivity contribution is 5.15. The molecule has 0 radical (unpaired) electrons. The molecule has 2 aliphatic rings. The fourth-order valence-corrected chi connectivity index (χ4v) is 3.18. The van der Waals surface area contributed by atoms with Crippen LogP contribution in [0.3, 0.4) is 0 Å². The number of H-pyrrole nitrogens is 1. The van der Waals surface area contributed by atoms with Crippen molar-refractivity contribution >= 4 is 0 Å². The Hall–Kier alpha value is -0.910. The lowest BCUT2D eigenvalue weighted by molar-refractivity contribution is 0.0546. The van der Waals surface area contributed by atoms with Crippen molar-refractivity contribution in [2.75, 3.05) is 33.4 Å². The molecule has 0 saturated carbocycles. The molecule has 2 aliphatic heterocycles. The van der Waals surface area contributed by atoms with Crippen LogP contribution in [0, 0.1) is 5.92 Å². The molecule has 1 saturated heterocycles. The van der Waals surface area contributed by atoms with E-state index in [-0.39, 0.29) is 0 Å². The minimum atomic E-state index is 0.528. The summed E-state index contributed by atoms with van der Waals surface area (Å²) < 4.78 is 5.42. The zero-order valence-corrected chi connectivity index (χ0v) is 11.7. The maximum absolute atomic E-state index is 5.42. The summed E-state index contributed by atoms with van der Waals surface area (Å²) >= 11 is 0. The van der Waals surface area contributed by atoms with Crippen molar-refractivity contribution in [1.82, 2.24) is 20.2 Å². The van der Waals surface area contributed by atoms with Gasteiger partial charge in [-0.2, -0.15) is 0 Å². The normalized spacial score (nSPS) is 24.6. The Balaban J connectivity index is 1.46. The maximum Gasteiger partial charge on any atom is 0.0925 e. The average molecular weight is 264 g/mol. The molecule has 1 atom stereocenters. The van der Waals surface area contributed by atoms with Crippen LogP contribution in [0.5, 0.6) is 0 Å². The fraction of sp³-hybridized carbons (Fsp3) is 0.786. The molecule has 1 unspecified atom stereocenters. The van der Waals surface area contributed by atoms with E-state index in [0.717, 1.165) is 38.6 Å². The summed E-state index contributed by atoms with van der Waals surface area (Å²) in [6, 6.07) is 0.528. The summed E-state index contributed by atoms with van der Waals surface area (Å²) in [7, 11) is 2.23. The predicted molar refractivity (Wildman–Crippen MR) is 74.0 cm³/mol. The van der Waals surface area contributed by atoms with Gasteiger partial charge in [-0.15, -0.1) is 0 Å². The third-order valence-electron chi connectivity index (χ3n) is 4.26. The molecule has 0 amide bonds. The van der Waals surface area contributed by atoms with E-state index in [1.807, 2.05) is 0 Å². The third-order valence-corrected chi connectivity index (χ3v) is 4.26. The molecule has 0 bridgehead atoms. The Morgan fingerprint density at radius 2 is 2.21 bits per heavy atom. The van der Waals surface area contributed by atoms with E-state index in [1.54, 1.807) is 6.33 Å². The first-order valence-electron chi connectivity index (χ1n) is 7.32. The standard InChI is InChI=1S/C14H24N4O/c1-18(8-11-2-4-19-5-3-11)9-12-6-13-14(7-15-12)17-10-16-13/h10-12,15H,2-9H2,1H3,(H,16,17). The summed E-state index contributed by atoms with van der Waals surface area (Å²) in [6.07, 6.45) is 5.27. The SMILES string of the molecule is CN(CC1CCOCC1)CC1Cc2nc[nH]c2CN1. The lowest BCUT2D eigenvalue weighted by Gasteiger charge is -2.31. The quantitative estimate of drug-likeness (QED) is 0.844. The Morgan fingerprint density at radius 1 is 1.37 bits per heavy atom. The lowest BCUT2D eigenvalue weighted by Crippen LogP contribution is -2.45. The first-order chi connectivity index (χ1) is 9.31. The van der Waals surface area contributed by atoms with Crippen LogP contribution >= 0.6 is 0 Å². The van der Waals surface area contributed by atoms with Gasteiger partial charge >= 0.3 is 0 Å². The topological polar surface area (TPSA) is 53.2 Å². The summed E-state index contributed by atoms with van der Waals surface area (Å²) in [5.41, 5.74) is 2.49. The van der Waals surface area contributed by atoms with E-state index in [0.29, 0.717) is 6.04 Å². The molecule has 5 heteroatoms. The van der Waals surface area contributed by atoms with E-state index in [4.69, 9.17) is 4.74 Å². The molecule has 3 rings (SSSR count). The summed E-state index contributed by atoms with van der Waals surface area (Å²) in [5, 5.41) is 3.59. The highest BCUT2D eigenvalue weighted by Crippen LogP contribution is 2.17.